The second kappa shape index (κ2) is 7.09. The second-order valence-corrected chi connectivity index (χ2v) is 4.06. The van der Waals surface area contributed by atoms with E-state index in [1.807, 2.05) is 30.3 Å². The molecule has 0 radical (unpaired) electrons. The summed E-state index contributed by atoms with van der Waals surface area (Å²) >= 11 is 0. The maximum atomic E-state index is 10.6. The molecule has 0 unspecified atom stereocenters. The van der Waals surface area contributed by atoms with Crippen LogP contribution in [0.5, 0.6) is 5.75 Å². The van der Waals surface area contributed by atoms with E-state index in [2.05, 4.69) is 5.16 Å². The van der Waals surface area contributed by atoms with Crippen molar-refractivity contribution in [3.05, 3.63) is 65.7 Å². The Kier molecular flexibility index (Phi) is 4.89. The molecule has 0 spiro atoms. The first-order chi connectivity index (χ1) is 9.83. The third-order valence-corrected chi connectivity index (χ3v) is 2.70. The Hall–Kier alpha value is -2.62. The number of carbonyl (C=O) groups excluding carboxylic acids is 1. The molecule has 102 valence electrons. The van der Waals surface area contributed by atoms with Crippen molar-refractivity contribution in [3.8, 4) is 5.75 Å². The van der Waals surface area contributed by atoms with Crippen molar-refractivity contribution in [3.63, 3.8) is 0 Å². The number of ether oxygens (including phenoxy) is 1. The van der Waals surface area contributed by atoms with Crippen molar-refractivity contribution in [2.24, 2.45) is 5.16 Å². The highest BCUT2D eigenvalue weighted by atomic mass is 16.6. The molecule has 0 heterocycles. The Labute approximate surface area is 117 Å². The molecule has 0 bridgehead atoms. The minimum absolute atomic E-state index is 0.290. The lowest BCUT2D eigenvalue weighted by molar-refractivity contribution is 0.112. The average molecular weight is 269 g/mol. The maximum Gasteiger partial charge on any atom is 0.150 e. The number of hydrogen-bond acceptors (Lipinski definition) is 4. The van der Waals surface area contributed by atoms with Gasteiger partial charge in [-0.05, 0) is 24.3 Å². The average Bonchev–Trinajstić information content (AvgIpc) is 2.53. The Morgan fingerprint density at radius 3 is 2.40 bits per heavy atom. The molecule has 0 fully saturated rings. The van der Waals surface area contributed by atoms with Crippen molar-refractivity contribution in [1.82, 2.24) is 0 Å². The van der Waals surface area contributed by atoms with E-state index in [4.69, 9.17) is 9.57 Å². The van der Waals surface area contributed by atoms with Gasteiger partial charge in [-0.1, -0.05) is 35.5 Å². The van der Waals surface area contributed by atoms with E-state index in [1.165, 1.54) is 7.11 Å². The molecule has 0 atom stereocenters. The molecular weight excluding hydrogens is 254 g/mol. The van der Waals surface area contributed by atoms with E-state index in [-0.39, 0.29) is 6.61 Å². The standard InChI is InChI=1S/C16H15NO3/c1-19-17-16(14-5-3-2-4-6-14)12-20-15-9-7-13(11-18)8-10-15/h2-11H,12H2,1H3/b17-16-. The summed E-state index contributed by atoms with van der Waals surface area (Å²) in [4.78, 5) is 15.4. The van der Waals surface area contributed by atoms with Crippen LogP contribution in [-0.4, -0.2) is 25.7 Å². The molecule has 0 N–H and O–H groups in total. The first kappa shape index (κ1) is 13.8. The topological polar surface area (TPSA) is 47.9 Å². The largest absolute Gasteiger partial charge is 0.487 e. The van der Waals surface area contributed by atoms with Crippen molar-refractivity contribution in [2.45, 2.75) is 0 Å². The first-order valence-corrected chi connectivity index (χ1v) is 6.17. The van der Waals surface area contributed by atoms with Gasteiger partial charge in [-0.3, -0.25) is 4.79 Å². The van der Waals surface area contributed by atoms with E-state index in [0.717, 1.165) is 11.8 Å². The predicted octanol–water partition coefficient (Wildman–Crippen LogP) is 2.93. The molecule has 0 saturated heterocycles. The van der Waals surface area contributed by atoms with Gasteiger partial charge in [0.15, 0.2) is 0 Å². The minimum atomic E-state index is 0.290. The Balaban J connectivity index is 2.06. The van der Waals surface area contributed by atoms with Gasteiger partial charge in [0.25, 0.3) is 0 Å². The highest BCUT2D eigenvalue weighted by Crippen LogP contribution is 2.12. The molecule has 0 amide bonds. The van der Waals surface area contributed by atoms with Crippen LogP contribution < -0.4 is 4.74 Å². The fourth-order valence-corrected chi connectivity index (χ4v) is 1.70. The second-order valence-electron chi connectivity index (χ2n) is 4.06. The molecule has 0 aromatic heterocycles. The minimum Gasteiger partial charge on any atom is -0.487 e. The molecule has 0 aliphatic rings. The van der Waals surface area contributed by atoms with Crippen molar-refractivity contribution >= 4 is 12.0 Å². The molecule has 20 heavy (non-hydrogen) atoms. The number of aldehydes is 1. The Morgan fingerprint density at radius 1 is 1.10 bits per heavy atom. The van der Waals surface area contributed by atoms with Gasteiger partial charge in [0.2, 0.25) is 0 Å². The van der Waals surface area contributed by atoms with Crippen molar-refractivity contribution in [1.29, 1.82) is 0 Å². The SMILES string of the molecule is CO/N=C(/COc1ccc(C=O)cc1)c1ccccc1. The van der Waals surface area contributed by atoms with Crippen LogP contribution in [0.3, 0.4) is 0 Å². The van der Waals surface area contributed by atoms with Crippen LogP contribution in [0.2, 0.25) is 0 Å². The van der Waals surface area contributed by atoms with Crippen LogP contribution in [0, 0.1) is 0 Å². The number of hydrogen-bond donors (Lipinski definition) is 0. The van der Waals surface area contributed by atoms with Gasteiger partial charge in [0.1, 0.15) is 31.5 Å². The van der Waals surface area contributed by atoms with Gasteiger partial charge >= 0.3 is 0 Å². The highest BCUT2D eigenvalue weighted by molar-refractivity contribution is 6.01. The summed E-state index contributed by atoms with van der Waals surface area (Å²) in [6.07, 6.45) is 0.797. The summed E-state index contributed by atoms with van der Waals surface area (Å²) < 4.78 is 5.65. The van der Waals surface area contributed by atoms with Crippen LogP contribution in [0.1, 0.15) is 15.9 Å². The number of nitrogens with zero attached hydrogens (tertiary/aromatic N) is 1. The summed E-state index contributed by atoms with van der Waals surface area (Å²) in [5.41, 5.74) is 2.26. The third kappa shape index (κ3) is 3.68. The zero-order valence-electron chi connectivity index (χ0n) is 11.2. The van der Waals surface area contributed by atoms with Crippen LogP contribution in [-0.2, 0) is 4.84 Å². The molecule has 4 nitrogen and oxygen atoms in total. The molecule has 2 aromatic carbocycles. The molecule has 2 rings (SSSR count). The van der Waals surface area contributed by atoms with Crippen molar-refractivity contribution < 1.29 is 14.4 Å². The number of rotatable bonds is 6. The van der Waals surface area contributed by atoms with Gasteiger partial charge in [0.05, 0.1) is 0 Å². The molecule has 0 aliphatic carbocycles. The van der Waals surface area contributed by atoms with Crippen LogP contribution >= 0.6 is 0 Å². The zero-order chi connectivity index (χ0) is 14.2. The highest BCUT2D eigenvalue weighted by Gasteiger charge is 2.05. The molecular formula is C16H15NO3. The predicted molar refractivity (Wildman–Crippen MR) is 77.3 cm³/mol. The lowest BCUT2D eigenvalue weighted by Crippen LogP contribution is -2.13. The number of benzene rings is 2. The van der Waals surface area contributed by atoms with Gasteiger partial charge in [0, 0.05) is 11.1 Å². The number of carbonyl (C=O) groups is 1. The molecule has 4 heteroatoms. The molecule has 0 aliphatic heterocycles. The Morgan fingerprint density at radius 2 is 1.80 bits per heavy atom. The summed E-state index contributed by atoms with van der Waals surface area (Å²) in [5.74, 6) is 0.676. The quantitative estimate of drug-likeness (QED) is 0.460. The fourth-order valence-electron chi connectivity index (χ4n) is 1.70. The monoisotopic (exact) mass is 269 g/mol. The van der Waals surface area contributed by atoms with Crippen LogP contribution in [0.25, 0.3) is 0 Å². The van der Waals surface area contributed by atoms with E-state index in [1.54, 1.807) is 24.3 Å². The molecule has 2 aromatic rings. The lowest BCUT2D eigenvalue weighted by Gasteiger charge is -2.08. The summed E-state index contributed by atoms with van der Waals surface area (Å²) in [6, 6.07) is 16.6. The third-order valence-electron chi connectivity index (χ3n) is 2.70. The van der Waals surface area contributed by atoms with Gasteiger partial charge in [-0.2, -0.15) is 0 Å². The molecule has 0 saturated carbocycles. The fraction of sp³-hybridized carbons (Fsp3) is 0.125. The van der Waals surface area contributed by atoms with Gasteiger partial charge in [-0.15, -0.1) is 0 Å². The zero-order valence-corrected chi connectivity index (χ0v) is 11.2. The maximum absolute atomic E-state index is 10.6. The van der Waals surface area contributed by atoms with Gasteiger partial charge < -0.3 is 9.57 Å². The van der Waals surface area contributed by atoms with E-state index in [0.29, 0.717) is 17.0 Å². The van der Waals surface area contributed by atoms with Crippen LogP contribution in [0.15, 0.2) is 59.8 Å². The number of oxime groups is 1. The van der Waals surface area contributed by atoms with E-state index < -0.39 is 0 Å². The van der Waals surface area contributed by atoms with Gasteiger partial charge in [-0.25, -0.2) is 0 Å². The summed E-state index contributed by atoms with van der Waals surface area (Å²) in [5, 5.41) is 3.98. The van der Waals surface area contributed by atoms with E-state index >= 15 is 0 Å². The van der Waals surface area contributed by atoms with E-state index in [9.17, 15) is 4.79 Å². The normalized spacial score (nSPS) is 10.9. The smallest absolute Gasteiger partial charge is 0.150 e. The summed E-state index contributed by atoms with van der Waals surface area (Å²) in [7, 11) is 1.50. The van der Waals surface area contributed by atoms with Crippen molar-refractivity contribution in [2.75, 3.05) is 13.7 Å². The Bertz CT molecular complexity index is 576. The first-order valence-electron chi connectivity index (χ1n) is 6.17. The lowest BCUT2D eigenvalue weighted by atomic mass is 10.1. The van der Waals surface area contributed by atoms with Crippen LogP contribution in [0.4, 0.5) is 0 Å². The summed E-state index contributed by atoms with van der Waals surface area (Å²) in [6.45, 7) is 0.290.